The number of carbonyl (C=O) groups is 1. The zero-order valence-electron chi connectivity index (χ0n) is 11.5. The van der Waals surface area contributed by atoms with E-state index in [-0.39, 0.29) is 23.2 Å². The predicted octanol–water partition coefficient (Wildman–Crippen LogP) is 1.00. The van der Waals surface area contributed by atoms with Gasteiger partial charge < -0.3 is 10.6 Å². The van der Waals surface area contributed by atoms with Gasteiger partial charge in [0.1, 0.15) is 0 Å². The fraction of sp³-hybridized carbons (Fsp3) is 0.417. The molecule has 20 heavy (non-hydrogen) atoms. The highest BCUT2D eigenvalue weighted by atomic mass is 35.5. The molecule has 114 valence electrons. The molecule has 1 rings (SSSR count). The van der Waals surface area contributed by atoms with Crippen molar-refractivity contribution in [2.24, 2.45) is 5.14 Å². The van der Waals surface area contributed by atoms with E-state index in [1.165, 1.54) is 6.07 Å². The Kier molecular flexibility index (Phi) is 7.74. The van der Waals surface area contributed by atoms with Gasteiger partial charge in [-0.25, -0.2) is 13.6 Å². The topological polar surface area (TPSA) is 101 Å². The number of primary sulfonamides is 1. The number of hydrogen-bond acceptors (Lipinski definition) is 4. The van der Waals surface area contributed by atoms with Gasteiger partial charge in [-0.1, -0.05) is 6.07 Å². The molecule has 0 heterocycles. The molecule has 0 unspecified atom stereocenters. The minimum Gasteiger partial charge on any atom is -0.326 e. The molecule has 0 saturated carbocycles. The first-order valence-corrected chi connectivity index (χ1v) is 7.47. The molecule has 0 radical (unpaired) electrons. The van der Waals surface area contributed by atoms with E-state index >= 15 is 0 Å². The molecule has 0 bridgehead atoms. The van der Waals surface area contributed by atoms with Gasteiger partial charge in [0.25, 0.3) is 0 Å². The Morgan fingerprint density at radius 3 is 2.55 bits per heavy atom. The van der Waals surface area contributed by atoms with Crippen LogP contribution in [0.3, 0.4) is 0 Å². The van der Waals surface area contributed by atoms with Gasteiger partial charge in [-0.2, -0.15) is 0 Å². The van der Waals surface area contributed by atoms with Crippen LogP contribution in [0.15, 0.2) is 23.1 Å². The number of nitrogens with two attached hydrogens (primary N) is 1. The van der Waals surface area contributed by atoms with E-state index in [0.29, 0.717) is 17.7 Å². The van der Waals surface area contributed by atoms with Crippen LogP contribution in [0.1, 0.15) is 18.4 Å². The third kappa shape index (κ3) is 5.87. The molecule has 0 aliphatic carbocycles. The van der Waals surface area contributed by atoms with Gasteiger partial charge in [0.2, 0.25) is 15.9 Å². The second kappa shape index (κ2) is 8.21. The van der Waals surface area contributed by atoms with Gasteiger partial charge >= 0.3 is 0 Å². The maximum Gasteiger partial charge on any atom is 0.238 e. The van der Waals surface area contributed by atoms with Crippen LogP contribution in [0, 0.1) is 6.92 Å². The number of aryl methyl sites for hydroxylation is 1. The average Bonchev–Trinajstić information content (AvgIpc) is 2.30. The Morgan fingerprint density at radius 1 is 1.35 bits per heavy atom. The molecule has 0 spiro atoms. The Morgan fingerprint density at radius 2 is 2.00 bits per heavy atom. The van der Waals surface area contributed by atoms with Crippen molar-refractivity contribution >= 4 is 34.0 Å². The van der Waals surface area contributed by atoms with Gasteiger partial charge in [0.15, 0.2) is 0 Å². The van der Waals surface area contributed by atoms with Crippen molar-refractivity contribution in [3.8, 4) is 0 Å². The number of hydrogen-bond donors (Lipinski definition) is 3. The molecule has 0 aromatic heterocycles. The highest BCUT2D eigenvalue weighted by Crippen LogP contribution is 2.19. The van der Waals surface area contributed by atoms with Crippen LogP contribution in [0.2, 0.25) is 0 Å². The molecule has 0 aliphatic rings. The van der Waals surface area contributed by atoms with Crippen LogP contribution in [0.4, 0.5) is 5.69 Å². The number of amides is 1. The first-order chi connectivity index (χ1) is 8.84. The summed E-state index contributed by atoms with van der Waals surface area (Å²) in [4.78, 5) is 11.6. The van der Waals surface area contributed by atoms with Crippen molar-refractivity contribution in [1.82, 2.24) is 5.32 Å². The number of benzene rings is 1. The summed E-state index contributed by atoms with van der Waals surface area (Å²) in [6.07, 6.45) is 1.09. The second-order valence-electron chi connectivity index (χ2n) is 4.28. The van der Waals surface area contributed by atoms with Crippen molar-refractivity contribution in [3.63, 3.8) is 0 Å². The van der Waals surface area contributed by atoms with Crippen LogP contribution in [0.5, 0.6) is 0 Å². The first-order valence-electron chi connectivity index (χ1n) is 5.92. The van der Waals surface area contributed by atoms with E-state index in [0.717, 1.165) is 13.0 Å². The van der Waals surface area contributed by atoms with Crippen LogP contribution < -0.4 is 15.8 Å². The predicted molar refractivity (Wildman–Crippen MR) is 81.6 cm³/mol. The van der Waals surface area contributed by atoms with E-state index in [4.69, 9.17) is 5.14 Å². The van der Waals surface area contributed by atoms with E-state index < -0.39 is 10.0 Å². The zero-order chi connectivity index (χ0) is 14.5. The van der Waals surface area contributed by atoms with Crippen molar-refractivity contribution < 1.29 is 13.2 Å². The third-order valence-electron chi connectivity index (χ3n) is 2.61. The van der Waals surface area contributed by atoms with E-state index in [2.05, 4.69) is 10.6 Å². The summed E-state index contributed by atoms with van der Waals surface area (Å²) >= 11 is 0. The second-order valence-corrected chi connectivity index (χ2v) is 5.81. The number of nitrogens with one attached hydrogen (secondary N) is 2. The molecule has 0 fully saturated rings. The fourth-order valence-corrected chi connectivity index (χ4v) is 2.44. The summed E-state index contributed by atoms with van der Waals surface area (Å²) in [5.41, 5.74) is 0.986. The summed E-state index contributed by atoms with van der Waals surface area (Å²) in [5, 5.41) is 10.7. The number of carbonyl (C=O) groups excluding carboxylic acids is 1. The zero-order valence-corrected chi connectivity index (χ0v) is 13.1. The number of rotatable bonds is 6. The van der Waals surface area contributed by atoms with Crippen molar-refractivity contribution in [2.75, 3.05) is 18.9 Å². The van der Waals surface area contributed by atoms with Crippen molar-refractivity contribution in [3.05, 3.63) is 23.8 Å². The molecule has 0 atom stereocenters. The summed E-state index contributed by atoms with van der Waals surface area (Å²) in [6.45, 7) is 2.40. The number of sulfonamides is 1. The van der Waals surface area contributed by atoms with Gasteiger partial charge in [0, 0.05) is 12.1 Å². The lowest BCUT2D eigenvalue weighted by atomic mass is 10.2. The highest BCUT2D eigenvalue weighted by molar-refractivity contribution is 7.89. The first kappa shape index (κ1) is 18.9. The Balaban J connectivity index is 0.00000361. The van der Waals surface area contributed by atoms with E-state index in [9.17, 15) is 13.2 Å². The summed E-state index contributed by atoms with van der Waals surface area (Å²) < 4.78 is 22.7. The van der Waals surface area contributed by atoms with Gasteiger partial charge in [-0.3, -0.25) is 4.79 Å². The average molecular weight is 322 g/mol. The molecule has 1 amide bonds. The Labute approximate surface area is 125 Å². The van der Waals surface area contributed by atoms with E-state index in [1.54, 1.807) is 19.1 Å². The lowest BCUT2D eigenvalue weighted by Gasteiger charge is -2.09. The van der Waals surface area contributed by atoms with Crippen LogP contribution in [-0.4, -0.2) is 27.9 Å². The van der Waals surface area contributed by atoms with Crippen LogP contribution in [0.25, 0.3) is 0 Å². The summed E-state index contributed by atoms with van der Waals surface area (Å²) in [5.74, 6) is -0.153. The third-order valence-corrected chi connectivity index (χ3v) is 3.66. The van der Waals surface area contributed by atoms with Gasteiger partial charge in [-0.15, -0.1) is 12.4 Å². The maximum absolute atomic E-state index is 11.6. The number of halogens is 1. The molecule has 8 heteroatoms. The number of anilines is 1. The molecular weight excluding hydrogens is 302 g/mol. The Hall–Kier alpha value is -1.15. The highest BCUT2D eigenvalue weighted by Gasteiger charge is 2.12. The maximum atomic E-state index is 11.6. The molecule has 1 aromatic rings. The Bertz CT molecular complexity index is 561. The normalized spacial score (nSPS) is 10.8. The molecule has 1 aromatic carbocycles. The van der Waals surface area contributed by atoms with Crippen LogP contribution >= 0.6 is 12.4 Å². The molecule has 6 nitrogen and oxygen atoms in total. The lowest BCUT2D eigenvalue weighted by Crippen LogP contribution is -2.17. The van der Waals surface area contributed by atoms with Crippen LogP contribution in [-0.2, 0) is 14.8 Å². The summed E-state index contributed by atoms with van der Waals surface area (Å²) in [6, 6.07) is 4.64. The SMILES string of the molecule is CNCCCC(=O)Nc1ccc(C)c(S(N)(=O)=O)c1.Cl. The molecule has 4 N–H and O–H groups in total. The quantitative estimate of drug-likeness (QED) is 0.680. The van der Waals surface area contributed by atoms with Crippen molar-refractivity contribution in [1.29, 1.82) is 0 Å². The minimum atomic E-state index is -3.77. The minimum absolute atomic E-state index is 0. The largest absolute Gasteiger partial charge is 0.326 e. The molecular formula is C12H20ClN3O3S. The lowest BCUT2D eigenvalue weighted by molar-refractivity contribution is -0.116. The summed E-state index contributed by atoms with van der Waals surface area (Å²) in [7, 11) is -1.96. The molecule has 0 saturated heterocycles. The van der Waals surface area contributed by atoms with Gasteiger partial charge in [-0.05, 0) is 44.6 Å². The fourth-order valence-electron chi connectivity index (χ4n) is 1.63. The van der Waals surface area contributed by atoms with Gasteiger partial charge in [0.05, 0.1) is 4.90 Å². The van der Waals surface area contributed by atoms with Crippen molar-refractivity contribution in [2.45, 2.75) is 24.7 Å². The monoisotopic (exact) mass is 321 g/mol. The van der Waals surface area contributed by atoms with E-state index in [1.807, 2.05) is 7.05 Å². The smallest absolute Gasteiger partial charge is 0.238 e. The standard InChI is InChI=1S/C12H19N3O3S.ClH/c1-9-5-6-10(8-11(9)19(13,17)18)15-12(16)4-3-7-14-2;/h5-6,8,14H,3-4,7H2,1-2H3,(H,15,16)(H2,13,17,18);1H. The molecule has 0 aliphatic heterocycles.